The van der Waals surface area contributed by atoms with E-state index >= 15 is 0 Å². The summed E-state index contributed by atoms with van der Waals surface area (Å²) in [5.74, 6) is 2.29. The van der Waals surface area contributed by atoms with Crippen LogP contribution in [0.3, 0.4) is 0 Å². The van der Waals surface area contributed by atoms with Crippen LogP contribution >= 0.6 is 0 Å². The summed E-state index contributed by atoms with van der Waals surface area (Å²) in [5.41, 5.74) is 3.67. The third kappa shape index (κ3) is 3.53. The summed E-state index contributed by atoms with van der Waals surface area (Å²) in [6.45, 7) is 8.32. The highest BCUT2D eigenvalue weighted by Gasteiger charge is 2.24. The quantitative estimate of drug-likeness (QED) is 0.765. The van der Waals surface area contributed by atoms with Gasteiger partial charge in [-0.1, -0.05) is 24.3 Å². The number of benzene rings is 1. The van der Waals surface area contributed by atoms with E-state index in [0.717, 1.165) is 48.9 Å². The van der Waals surface area contributed by atoms with Crippen LogP contribution in [0, 0.1) is 13.8 Å². The number of pyridine rings is 1. The predicted octanol–water partition coefficient (Wildman–Crippen LogP) is 3.54. The summed E-state index contributed by atoms with van der Waals surface area (Å²) in [5, 5.41) is 4.47. The molecule has 1 aliphatic heterocycles. The van der Waals surface area contributed by atoms with Crippen molar-refractivity contribution < 1.29 is 0 Å². The van der Waals surface area contributed by atoms with Crippen LogP contribution in [0.1, 0.15) is 29.3 Å². The molecule has 0 radical (unpaired) electrons. The molecule has 5 heteroatoms. The fraction of sp³-hybridized carbons (Fsp3) is 0.381. The van der Waals surface area contributed by atoms with Crippen molar-refractivity contribution >= 4 is 16.9 Å². The first-order valence-corrected chi connectivity index (χ1v) is 9.32. The highest BCUT2D eigenvalue weighted by molar-refractivity contribution is 5.86. The van der Waals surface area contributed by atoms with Crippen LogP contribution in [-0.2, 0) is 0 Å². The van der Waals surface area contributed by atoms with Crippen molar-refractivity contribution in [3.8, 4) is 0 Å². The van der Waals surface area contributed by atoms with Crippen LogP contribution < -0.4 is 5.32 Å². The molecule has 1 fully saturated rings. The maximum absolute atomic E-state index is 4.56. The maximum Gasteiger partial charge on any atom is 0.164 e. The Morgan fingerprint density at radius 3 is 2.88 bits per heavy atom. The molecule has 5 nitrogen and oxygen atoms in total. The fourth-order valence-corrected chi connectivity index (χ4v) is 3.87. The molecule has 0 amide bonds. The van der Waals surface area contributed by atoms with Crippen LogP contribution in [0.5, 0.6) is 0 Å². The SMILES string of the molecule is Cc1nc(NCCN2CCC(c3ccccc3C)C2)c2cccnc2n1. The number of nitrogens with zero attached hydrogens (tertiary/aromatic N) is 4. The Balaban J connectivity index is 1.37. The van der Waals surface area contributed by atoms with Gasteiger partial charge in [0, 0.05) is 25.8 Å². The first kappa shape index (κ1) is 16.9. The van der Waals surface area contributed by atoms with Gasteiger partial charge in [-0.25, -0.2) is 15.0 Å². The van der Waals surface area contributed by atoms with Crippen LogP contribution in [-0.4, -0.2) is 46.0 Å². The standard InChI is InChI=1S/C21H25N5/c1-15-6-3-4-7-18(15)17-9-12-26(14-17)13-11-23-21-19-8-5-10-22-20(19)24-16(2)25-21/h3-8,10,17H,9,11-14H2,1-2H3,(H,22,23,24,25). The van der Waals surface area contributed by atoms with E-state index in [1.165, 1.54) is 17.5 Å². The molecule has 0 bridgehead atoms. The summed E-state index contributed by atoms with van der Waals surface area (Å²) in [7, 11) is 0. The molecule has 1 saturated heterocycles. The Labute approximate surface area is 154 Å². The van der Waals surface area contributed by atoms with Crippen molar-refractivity contribution in [2.45, 2.75) is 26.2 Å². The Kier molecular flexibility index (Phi) is 4.80. The van der Waals surface area contributed by atoms with Gasteiger partial charge in [0.1, 0.15) is 11.6 Å². The monoisotopic (exact) mass is 347 g/mol. The summed E-state index contributed by atoms with van der Waals surface area (Å²) < 4.78 is 0. The molecule has 1 N–H and O–H groups in total. The highest BCUT2D eigenvalue weighted by Crippen LogP contribution is 2.29. The van der Waals surface area contributed by atoms with Gasteiger partial charge in [-0.05, 0) is 56.0 Å². The number of rotatable bonds is 5. The zero-order chi connectivity index (χ0) is 17.9. The van der Waals surface area contributed by atoms with E-state index in [9.17, 15) is 0 Å². The first-order chi connectivity index (χ1) is 12.7. The molecule has 0 saturated carbocycles. The average Bonchev–Trinajstić information content (AvgIpc) is 3.10. The molecule has 1 aliphatic rings. The van der Waals surface area contributed by atoms with E-state index in [1.807, 2.05) is 19.1 Å². The van der Waals surface area contributed by atoms with E-state index < -0.39 is 0 Å². The zero-order valence-electron chi connectivity index (χ0n) is 15.4. The number of nitrogens with one attached hydrogen (secondary N) is 1. The van der Waals surface area contributed by atoms with Crippen LogP contribution in [0.2, 0.25) is 0 Å². The van der Waals surface area contributed by atoms with Crippen LogP contribution in [0.4, 0.5) is 5.82 Å². The maximum atomic E-state index is 4.56. The molecule has 0 spiro atoms. The van der Waals surface area contributed by atoms with Crippen molar-refractivity contribution in [1.82, 2.24) is 19.9 Å². The second-order valence-electron chi connectivity index (χ2n) is 7.06. The number of likely N-dealkylation sites (tertiary alicyclic amines) is 1. The van der Waals surface area contributed by atoms with E-state index in [4.69, 9.17) is 0 Å². The third-order valence-electron chi connectivity index (χ3n) is 5.20. The lowest BCUT2D eigenvalue weighted by Gasteiger charge is -2.18. The Hall–Kier alpha value is -2.53. The van der Waals surface area contributed by atoms with Crippen molar-refractivity contribution in [3.05, 3.63) is 59.5 Å². The zero-order valence-corrected chi connectivity index (χ0v) is 15.4. The third-order valence-corrected chi connectivity index (χ3v) is 5.20. The summed E-state index contributed by atoms with van der Waals surface area (Å²) in [6.07, 6.45) is 3.01. The number of hydrogen-bond acceptors (Lipinski definition) is 5. The second kappa shape index (κ2) is 7.38. The molecule has 0 aliphatic carbocycles. The second-order valence-corrected chi connectivity index (χ2v) is 7.06. The van der Waals surface area contributed by atoms with Gasteiger partial charge in [0.25, 0.3) is 0 Å². The molecule has 4 rings (SSSR count). The van der Waals surface area contributed by atoms with Gasteiger partial charge >= 0.3 is 0 Å². The van der Waals surface area contributed by atoms with Crippen molar-refractivity contribution in [2.24, 2.45) is 0 Å². The van der Waals surface area contributed by atoms with Crippen molar-refractivity contribution in [1.29, 1.82) is 0 Å². The summed E-state index contributed by atoms with van der Waals surface area (Å²) >= 11 is 0. The molecule has 2 aromatic heterocycles. The van der Waals surface area contributed by atoms with Crippen molar-refractivity contribution in [3.63, 3.8) is 0 Å². The minimum atomic E-state index is 0.655. The van der Waals surface area contributed by atoms with Crippen LogP contribution in [0.25, 0.3) is 11.0 Å². The Morgan fingerprint density at radius 1 is 1.12 bits per heavy atom. The number of anilines is 1. The predicted molar refractivity (Wildman–Crippen MR) is 106 cm³/mol. The van der Waals surface area contributed by atoms with E-state index in [1.54, 1.807) is 6.20 Å². The molecule has 3 heterocycles. The summed E-state index contributed by atoms with van der Waals surface area (Å²) in [4.78, 5) is 15.8. The minimum absolute atomic E-state index is 0.655. The van der Waals surface area contributed by atoms with Gasteiger partial charge in [-0.3, -0.25) is 0 Å². The van der Waals surface area contributed by atoms with Crippen molar-refractivity contribution in [2.75, 3.05) is 31.5 Å². The van der Waals surface area contributed by atoms with Gasteiger partial charge in [0.05, 0.1) is 5.39 Å². The molecule has 134 valence electrons. The highest BCUT2D eigenvalue weighted by atomic mass is 15.2. The molecule has 1 unspecified atom stereocenters. The minimum Gasteiger partial charge on any atom is -0.368 e. The molecular weight excluding hydrogens is 322 g/mol. The van der Waals surface area contributed by atoms with Gasteiger partial charge < -0.3 is 10.2 Å². The van der Waals surface area contributed by atoms with E-state index in [0.29, 0.717) is 5.92 Å². The van der Waals surface area contributed by atoms with Gasteiger partial charge in [0.15, 0.2) is 5.65 Å². The summed E-state index contributed by atoms with van der Waals surface area (Å²) in [6, 6.07) is 12.7. The Bertz CT molecular complexity index is 908. The number of aryl methyl sites for hydroxylation is 2. The average molecular weight is 347 g/mol. The largest absolute Gasteiger partial charge is 0.368 e. The lowest BCUT2D eigenvalue weighted by Crippen LogP contribution is -2.27. The molecule has 1 atom stereocenters. The van der Waals surface area contributed by atoms with Gasteiger partial charge in [-0.2, -0.15) is 0 Å². The lowest BCUT2D eigenvalue weighted by atomic mass is 9.94. The Morgan fingerprint density at radius 2 is 2.00 bits per heavy atom. The molecular formula is C21H25N5. The molecule has 1 aromatic carbocycles. The number of hydrogen-bond donors (Lipinski definition) is 1. The van der Waals surface area contributed by atoms with Crippen LogP contribution in [0.15, 0.2) is 42.6 Å². The van der Waals surface area contributed by atoms with E-state index in [-0.39, 0.29) is 0 Å². The fourth-order valence-electron chi connectivity index (χ4n) is 3.87. The lowest BCUT2D eigenvalue weighted by molar-refractivity contribution is 0.347. The normalized spacial score (nSPS) is 17.7. The van der Waals surface area contributed by atoms with Gasteiger partial charge in [-0.15, -0.1) is 0 Å². The molecule has 26 heavy (non-hydrogen) atoms. The van der Waals surface area contributed by atoms with Gasteiger partial charge in [0.2, 0.25) is 0 Å². The van der Waals surface area contributed by atoms with E-state index in [2.05, 4.69) is 56.4 Å². The topological polar surface area (TPSA) is 53.9 Å². The number of fused-ring (bicyclic) bond motifs is 1. The smallest absolute Gasteiger partial charge is 0.164 e. The number of aromatic nitrogens is 3. The first-order valence-electron chi connectivity index (χ1n) is 9.32. The molecule has 3 aromatic rings.